The fourth-order valence-corrected chi connectivity index (χ4v) is 4.36. The van der Waals surface area contributed by atoms with E-state index in [9.17, 15) is 8.76 Å². The zero-order valence-corrected chi connectivity index (χ0v) is 19.9. The van der Waals surface area contributed by atoms with Crippen LogP contribution in [0.2, 0.25) is 0 Å². The van der Waals surface area contributed by atoms with Gasteiger partial charge in [0.25, 0.3) is 0 Å². The summed E-state index contributed by atoms with van der Waals surface area (Å²) in [5, 5.41) is 5.73. The van der Waals surface area contributed by atoms with Crippen LogP contribution in [-0.2, 0) is 15.8 Å². The van der Waals surface area contributed by atoms with E-state index >= 15 is 0 Å². The third-order valence-electron chi connectivity index (χ3n) is 5.69. The highest BCUT2D eigenvalue weighted by molar-refractivity contribution is 7.79. The van der Waals surface area contributed by atoms with Crippen molar-refractivity contribution in [2.24, 2.45) is 21.5 Å². The van der Waals surface area contributed by atoms with E-state index in [0.717, 1.165) is 50.3 Å². The van der Waals surface area contributed by atoms with Gasteiger partial charge in [-0.3, -0.25) is 10.4 Å². The number of ether oxygens (including phenoxy) is 1. The summed E-state index contributed by atoms with van der Waals surface area (Å²) in [5.74, 6) is 0.360. The van der Waals surface area contributed by atoms with Crippen molar-refractivity contribution in [3.8, 4) is 0 Å². The summed E-state index contributed by atoms with van der Waals surface area (Å²) < 4.78 is 27.0. The molecule has 10 nitrogen and oxygen atoms in total. The molecule has 2 aliphatic rings. The molecule has 180 valence electrons. The van der Waals surface area contributed by atoms with Gasteiger partial charge < -0.3 is 26.1 Å². The number of amidine groups is 1. The Bertz CT molecular complexity index is 984. The topological polar surface area (TPSA) is 151 Å². The van der Waals surface area contributed by atoms with Gasteiger partial charge in [-0.05, 0) is 43.7 Å². The van der Waals surface area contributed by atoms with Gasteiger partial charge in [-0.15, -0.1) is 0 Å². The Kier molecular flexibility index (Phi) is 9.15. The van der Waals surface area contributed by atoms with Gasteiger partial charge in [0.15, 0.2) is 11.1 Å². The molecule has 0 bridgehead atoms. The zero-order chi connectivity index (χ0) is 23.8. The fourth-order valence-electron chi connectivity index (χ4n) is 3.91. The second-order valence-electron chi connectivity index (χ2n) is 7.85. The van der Waals surface area contributed by atoms with Crippen LogP contribution in [0.4, 0.5) is 5.69 Å². The van der Waals surface area contributed by atoms with E-state index in [1.807, 2.05) is 7.05 Å². The quantitative estimate of drug-likeness (QED) is 0.213. The summed E-state index contributed by atoms with van der Waals surface area (Å²) in [6.07, 6.45) is 5.69. The molecule has 11 heteroatoms. The largest absolute Gasteiger partial charge is 0.404 e. The molecule has 0 spiro atoms. The van der Waals surface area contributed by atoms with E-state index in [1.54, 1.807) is 31.5 Å². The van der Waals surface area contributed by atoms with E-state index in [4.69, 9.17) is 16.2 Å². The smallest absolute Gasteiger partial charge is 0.186 e. The van der Waals surface area contributed by atoms with Crippen molar-refractivity contribution in [2.45, 2.75) is 30.2 Å². The van der Waals surface area contributed by atoms with Gasteiger partial charge in [-0.25, -0.2) is 14.2 Å². The lowest BCUT2D eigenvalue weighted by Crippen LogP contribution is -2.46. The first-order valence-electron chi connectivity index (χ1n) is 10.9. The van der Waals surface area contributed by atoms with Crippen molar-refractivity contribution in [1.82, 2.24) is 15.8 Å². The maximum Gasteiger partial charge on any atom is 0.186 e. The standard InChI is InChI=1S/C22H33N7O3S/c1-25-13-16(12-23)15-9-18(11-19(10-15)33(30)31)28-22(24)20-14-29(26-2)6-3-21(20)27-17-4-7-32-8-5-17/h9-13,17,26-27H,3-8,14,23H2,1-2H3,(H2,24,28)(H,30,31). The molecule has 1 fully saturated rings. The predicted molar refractivity (Wildman–Crippen MR) is 133 cm³/mol. The highest BCUT2D eigenvalue weighted by atomic mass is 32.2. The Hall–Kier alpha value is -2.57. The molecule has 2 heterocycles. The molecule has 2 aliphatic heterocycles. The average molecular weight is 476 g/mol. The lowest BCUT2D eigenvalue weighted by Gasteiger charge is -2.33. The van der Waals surface area contributed by atoms with E-state index in [0.29, 0.717) is 35.2 Å². The summed E-state index contributed by atoms with van der Waals surface area (Å²) >= 11 is -2.19. The predicted octanol–water partition coefficient (Wildman–Crippen LogP) is 1.12. The second kappa shape index (κ2) is 12.1. The van der Waals surface area contributed by atoms with Crippen molar-refractivity contribution in [3.05, 3.63) is 41.2 Å². The van der Waals surface area contributed by atoms with Crippen LogP contribution in [0, 0.1) is 0 Å². The molecule has 0 aromatic heterocycles. The zero-order valence-electron chi connectivity index (χ0n) is 19.1. The van der Waals surface area contributed by atoms with Gasteiger partial charge in [0.05, 0.1) is 10.6 Å². The van der Waals surface area contributed by atoms with Gasteiger partial charge >= 0.3 is 0 Å². The maximum atomic E-state index is 11.8. The van der Waals surface area contributed by atoms with Gasteiger partial charge in [-0.1, -0.05) is 0 Å². The number of nitrogens with one attached hydrogen (secondary N) is 2. The lowest BCUT2D eigenvalue weighted by atomic mass is 10.0. The lowest BCUT2D eigenvalue weighted by molar-refractivity contribution is 0.0795. The molecule has 1 aromatic carbocycles. The molecule has 0 amide bonds. The van der Waals surface area contributed by atoms with Crippen LogP contribution in [0.1, 0.15) is 24.8 Å². The molecule has 1 unspecified atom stereocenters. The van der Waals surface area contributed by atoms with Crippen LogP contribution < -0.4 is 22.2 Å². The number of aliphatic imine (C=N–C) groups is 2. The summed E-state index contributed by atoms with van der Waals surface area (Å²) in [7, 11) is 3.51. The highest BCUT2D eigenvalue weighted by Crippen LogP contribution is 2.26. The van der Waals surface area contributed by atoms with Crippen molar-refractivity contribution in [3.63, 3.8) is 0 Å². The number of nitrogens with zero attached hydrogens (tertiary/aromatic N) is 3. The van der Waals surface area contributed by atoms with Crippen LogP contribution in [-0.4, -0.2) is 72.3 Å². The molecular weight excluding hydrogens is 442 g/mol. The number of hydrazine groups is 1. The first kappa shape index (κ1) is 25.1. The number of hydrogen-bond acceptors (Lipinski definition) is 8. The Morgan fingerprint density at radius 2 is 2.09 bits per heavy atom. The molecule has 0 aliphatic carbocycles. The third-order valence-corrected chi connectivity index (χ3v) is 6.33. The number of benzene rings is 1. The fraction of sp³-hybridized carbons (Fsp3) is 0.455. The van der Waals surface area contributed by atoms with E-state index in [-0.39, 0.29) is 4.90 Å². The van der Waals surface area contributed by atoms with Crippen LogP contribution >= 0.6 is 0 Å². The van der Waals surface area contributed by atoms with Crippen LogP contribution in [0.15, 0.2) is 50.5 Å². The summed E-state index contributed by atoms with van der Waals surface area (Å²) in [4.78, 5) is 8.84. The Labute approximate surface area is 197 Å². The molecule has 33 heavy (non-hydrogen) atoms. The van der Waals surface area contributed by atoms with Crippen molar-refractivity contribution in [2.75, 3.05) is 40.4 Å². The Balaban J connectivity index is 1.99. The third kappa shape index (κ3) is 6.71. The molecular formula is C22H33N7O3S. The Morgan fingerprint density at radius 1 is 1.33 bits per heavy atom. The monoisotopic (exact) mass is 475 g/mol. The summed E-state index contributed by atoms with van der Waals surface area (Å²) in [6.45, 7) is 2.94. The molecule has 1 atom stereocenters. The summed E-state index contributed by atoms with van der Waals surface area (Å²) in [5.41, 5.74) is 19.1. The van der Waals surface area contributed by atoms with Gasteiger partial charge in [-0.2, -0.15) is 0 Å². The SMILES string of the molecule is CN=CC(=CN)c1cc(N=C(N)C2=C(NC3CCOCC3)CCN(NC)C2)cc(S(=O)O)c1. The molecule has 7 N–H and O–H groups in total. The average Bonchev–Trinajstić information content (AvgIpc) is 2.83. The normalized spacial score (nSPS) is 20.5. The van der Waals surface area contributed by atoms with E-state index in [1.165, 1.54) is 6.20 Å². The minimum atomic E-state index is -2.19. The number of rotatable bonds is 8. The first-order chi connectivity index (χ1) is 15.9. The van der Waals surface area contributed by atoms with Crippen molar-refractivity contribution < 1.29 is 13.5 Å². The molecule has 0 radical (unpaired) electrons. The van der Waals surface area contributed by atoms with Gasteiger partial charge in [0, 0.05) is 75.1 Å². The molecule has 1 aromatic rings. The van der Waals surface area contributed by atoms with Crippen LogP contribution in [0.5, 0.6) is 0 Å². The maximum absolute atomic E-state index is 11.8. The van der Waals surface area contributed by atoms with Gasteiger partial charge in [0.1, 0.15) is 5.84 Å². The number of nitrogens with two attached hydrogens (primary N) is 2. The van der Waals surface area contributed by atoms with E-state index < -0.39 is 11.1 Å². The molecule has 1 saturated heterocycles. The number of hydrogen-bond donors (Lipinski definition) is 5. The highest BCUT2D eigenvalue weighted by Gasteiger charge is 2.24. The summed E-state index contributed by atoms with van der Waals surface area (Å²) in [6, 6.07) is 5.25. The second-order valence-corrected chi connectivity index (χ2v) is 8.82. The molecule has 0 saturated carbocycles. The Morgan fingerprint density at radius 3 is 2.73 bits per heavy atom. The minimum Gasteiger partial charge on any atom is -0.404 e. The first-order valence-corrected chi connectivity index (χ1v) is 12.0. The van der Waals surface area contributed by atoms with Crippen LogP contribution in [0.25, 0.3) is 5.57 Å². The van der Waals surface area contributed by atoms with E-state index in [2.05, 4.69) is 25.7 Å². The van der Waals surface area contributed by atoms with Crippen molar-refractivity contribution in [1.29, 1.82) is 0 Å². The molecule has 3 rings (SSSR count). The van der Waals surface area contributed by atoms with Crippen molar-refractivity contribution >= 4 is 34.4 Å². The number of allylic oxidation sites excluding steroid dienone is 1. The van der Waals surface area contributed by atoms with Gasteiger partial charge in [0.2, 0.25) is 0 Å². The minimum absolute atomic E-state index is 0.206. The van der Waals surface area contributed by atoms with Crippen LogP contribution in [0.3, 0.4) is 0 Å².